The number of likely N-dealkylation sites (N-methyl/N-ethyl adjacent to an activating group) is 2. The summed E-state index contributed by atoms with van der Waals surface area (Å²) in [6.45, 7) is 0.433. The first-order chi connectivity index (χ1) is 5.04. The lowest BCUT2D eigenvalue weighted by atomic mass is 10.2. The van der Waals surface area contributed by atoms with Crippen LogP contribution >= 0.6 is 0 Å². The fourth-order valence-corrected chi connectivity index (χ4v) is 1.07. The van der Waals surface area contributed by atoms with Gasteiger partial charge in [-0.3, -0.25) is 10.3 Å². The van der Waals surface area contributed by atoms with Gasteiger partial charge >= 0.3 is 6.03 Å². The molecule has 1 aliphatic rings. The maximum atomic E-state index is 11.1. The molecule has 0 saturated carbocycles. The molecule has 1 heterocycles. The van der Waals surface area contributed by atoms with Crippen molar-refractivity contribution in [1.29, 1.82) is 5.41 Å². The van der Waals surface area contributed by atoms with Gasteiger partial charge in [-0.15, -0.1) is 0 Å². The van der Waals surface area contributed by atoms with Crippen LogP contribution in [-0.2, 0) is 0 Å². The molecule has 1 saturated heterocycles. The summed E-state index contributed by atoms with van der Waals surface area (Å²) in [5.41, 5.74) is 5.56. The van der Waals surface area contributed by atoms with Crippen LogP contribution in [0.25, 0.3) is 0 Å². The summed E-state index contributed by atoms with van der Waals surface area (Å²) in [6, 6.07) is -0.514. The van der Waals surface area contributed by atoms with Crippen molar-refractivity contribution in [2.24, 2.45) is 5.73 Å². The molecule has 0 bridgehead atoms. The van der Waals surface area contributed by atoms with Crippen molar-refractivity contribution in [2.75, 3.05) is 20.6 Å². The maximum absolute atomic E-state index is 11.1. The van der Waals surface area contributed by atoms with Crippen LogP contribution in [0.4, 0.5) is 4.79 Å². The topological polar surface area (TPSA) is 73.4 Å². The third kappa shape index (κ3) is 1.19. The normalized spacial score (nSPS) is 26.3. The minimum Gasteiger partial charge on any atom is -0.325 e. The van der Waals surface area contributed by atoms with Crippen LogP contribution in [0.15, 0.2) is 0 Å². The van der Waals surface area contributed by atoms with E-state index in [4.69, 9.17) is 11.1 Å². The molecule has 0 spiro atoms. The fraction of sp³-hybridized carbons (Fsp3) is 0.667. The second-order valence-electron chi connectivity index (χ2n) is 2.71. The molecule has 0 aromatic carbocycles. The Hall–Kier alpha value is -1.10. The van der Waals surface area contributed by atoms with Gasteiger partial charge in [-0.1, -0.05) is 0 Å². The lowest BCUT2D eigenvalue weighted by Gasteiger charge is -2.34. The summed E-state index contributed by atoms with van der Waals surface area (Å²) < 4.78 is 0. The molecule has 62 valence electrons. The Labute approximate surface area is 65.3 Å². The zero-order valence-corrected chi connectivity index (χ0v) is 6.66. The maximum Gasteiger partial charge on any atom is 0.324 e. The van der Waals surface area contributed by atoms with Crippen LogP contribution in [0.3, 0.4) is 0 Å². The van der Waals surface area contributed by atoms with Gasteiger partial charge < -0.3 is 10.6 Å². The second kappa shape index (κ2) is 2.50. The van der Waals surface area contributed by atoms with Gasteiger partial charge in [0.15, 0.2) is 0 Å². The summed E-state index contributed by atoms with van der Waals surface area (Å²) in [5, 5.41) is 7.37. The zero-order chi connectivity index (χ0) is 8.59. The number of carbonyl (C=O) groups is 1. The van der Waals surface area contributed by atoms with Gasteiger partial charge in [0.1, 0.15) is 5.84 Å². The van der Waals surface area contributed by atoms with Crippen molar-refractivity contribution in [3.8, 4) is 0 Å². The molecule has 1 rings (SSSR count). The first-order valence-electron chi connectivity index (χ1n) is 3.37. The number of nitrogens with zero attached hydrogens (tertiary/aromatic N) is 2. The summed E-state index contributed by atoms with van der Waals surface area (Å²) in [7, 11) is 3.23. The van der Waals surface area contributed by atoms with Crippen LogP contribution < -0.4 is 5.73 Å². The number of amidine groups is 1. The van der Waals surface area contributed by atoms with E-state index in [1.165, 1.54) is 9.80 Å². The molecular formula is C6H12N4O. The Morgan fingerprint density at radius 1 is 1.64 bits per heavy atom. The van der Waals surface area contributed by atoms with Gasteiger partial charge in [-0.25, -0.2) is 4.79 Å². The van der Waals surface area contributed by atoms with E-state index < -0.39 is 0 Å². The molecular weight excluding hydrogens is 144 g/mol. The largest absolute Gasteiger partial charge is 0.325 e. The highest BCUT2D eigenvalue weighted by atomic mass is 16.2. The van der Waals surface area contributed by atoms with Crippen molar-refractivity contribution < 1.29 is 4.79 Å². The highest BCUT2D eigenvalue weighted by molar-refractivity contribution is 6.00. The van der Waals surface area contributed by atoms with Crippen LogP contribution in [0.2, 0.25) is 0 Å². The number of amides is 2. The highest BCUT2D eigenvalue weighted by Crippen LogP contribution is 2.04. The smallest absolute Gasteiger partial charge is 0.324 e. The van der Waals surface area contributed by atoms with Crippen molar-refractivity contribution in [3.05, 3.63) is 0 Å². The summed E-state index contributed by atoms with van der Waals surface area (Å²) in [5.74, 6) is 0.188. The second-order valence-corrected chi connectivity index (χ2v) is 2.71. The highest BCUT2D eigenvalue weighted by Gasteiger charge is 2.29. The Bertz CT molecular complexity index is 183. The van der Waals surface area contributed by atoms with Gasteiger partial charge in [0.25, 0.3) is 0 Å². The van der Waals surface area contributed by atoms with Crippen molar-refractivity contribution in [1.82, 2.24) is 9.80 Å². The van der Waals surface area contributed by atoms with E-state index in [-0.39, 0.29) is 17.9 Å². The molecule has 0 aliphatic carbocycles. The van der Waals surface area contributed by atoms with Crippen molar-refractivity contribution in [3.63, 3.8) is 0 Å². The molecule has 0 aromatic rings. The fourth-order valence-electron chi connectivity index (χ4n) is 1.07. The molecule has 5 nitrogen and oxygen atoms in total. The molecule has 11 heavy (non-hydrogen) atoms. The van der Waals surface area contributed by atoms with E-state index in [9.17, 15) is 4.79 Å². The third-order valence-electron chi connectivity index (χ3n) is 1.80. The third-order valence-corrected chi connectivity index (χ3v) is 1.80. The van der Waals surface area contributed by atoms with Crippen molar-refractivity contribution in [2.45, 2.75) is 6.04 Å². The van der Waals surface area contributed by atoms with Crippen LogP contribution in [-0.4, -0.2) is 48.3 Å². The zero-order valence-electron chi connectivity index (χ0n) is 6.66. The van der Waals surface area contributed by atoms with E-state index in [0.717, 1.165) is 0 Å². The Kier molecular flexibility index (Phi) is 1.82. The first kappa shape index (κ1) is 8.00. The summed E-state index contributed by atoms with van der Waals surface area (Å²) >= 11 is 0. The number of nitrogens with one attached hydrogen (secondary N) is 1. The Morgan fingerprint density at radius 2 is 2.18 bits per heavy atom. The van der Waals surface area contributed by atoms with Gasteiger partial charge in [0.05, 0.1) is 6.04 Å². The molecule has 0 aromatic heterocycles. The number of rotatable bonds is 0. The number of nitrogens with two attached hydrogens (primary N) is 1. The van der Waals surface area contributed by atoms with Crippen LogP contribution in [0, 0.1) is 5.41 Å². The van der Waals surface area contributed by atoms with E-state index in [2.05, 4.69) is 0 Å². The number of hydrogen-bond donors (Lipinski definition) is 2. The molecule has 3 N–H and O–H groups in total. The molecule has 1 aliphatic heterocycles. The van der Waals surface area contributed by atoms with Crippen molar-refractivity contribution >= 4 is 11.9 Å². The van der Waals surface area contributed by atoms with E-state index in [1.807, 2.05) is 0 Å². The number of hydrogen-bond acceptors (Lipinski definition) is 3. The predicted octanol–water partition coefficient (Wildman–Crippen LogP) is -0.712. The van der Waals surface area contributed by atoms with Crippen LogP contribution in [0.5, 0.6) is 0 Å². The van der Waals surface area contributed by atoms with E-state index in [0.29, 0.717) is 6.54 Å². The average molecular weight is 156 g/mol. The first-order valence-corrected chi connectivity index (χ1v) is 3.37. The quantitative estimate of drug-likeness (QED) is 0.486. The SMILES string of the molecule is CN1CC(N)C(=N)N(C)C1=O. The Morgan fingerprint density at radius 3 is 2.73 bits per heavy atom. The monoisotopic (exact) mass is 156 g/mol. The minimum absolute atomic E-state index is 0.170. The van der Waals surface area contributed by atoms with Gasteiger partial charge in [0.2, 0.25) is 0 Å². The number of urea groups is 1. The summed E-state index contributed by atoms with van der Waals surface area (Å²) in [4.78, 5) is 13.9. The summed E-state index contributed by atoms with van der Waals surface area (Å²) in [6.07, 6.45) is 0. The predicted molar refractivity (Wildman–Crippen MR) is 41.5 cm³/mol. The molecule has 0 radical (unpaired) electrons. The lowest BCUT2D eigenvalue weighted by Crippen LogP contribution is -2.58. The molecule has 1 unspecified atom stereocenters. The number of carbonyl (C=O) groups excluding carboxylic acids is 1. The van der Waals surface area contributed by atoms with Gasteiger partial charge in [0, 0.05) is 20.6 Å². The van der Waals surface area contributed by atoms with Gasteiger partial charge in [-0.2, -0.15) is 0 Å². The minimum atomic E-state index is -0.345. The Balaban J connectivity index is 2.79. The molecule has 5 heteroatoms. The molecule has 2 amide bonds. The lowest BCUT2D eigenvalue weighted by molar-refractivity contribution is 0.181. The van der Waals surface area contributed by atoms with E-state index >= 15 is 0 Å². The molecule has 1 atom stereocenters. The molecule has 1 fully saturated rings. The van der Waals surface area contributed by atoms with Gasteiger partial charge in [-0.05, 0) is 0 Å². The average Bonchev–Trinajstić information content (AvgIpc) is 1.97. The van der Waals surface area contributed by atoms with Crippen LogP contribution in [0.1, 0.15) is 0 Å². The standard InChI is InChI=1S/C6H12N4O/c1-9-3-4(7)5(8)10(2)6(9)11/h4,8H,3,7H2,1-2H3. The van der Waals surface area contributed by atoms with E-state index in [1.54, 1.807) is 14.1 Å².